The second kappa shape index (κ2) is 4.28. The van der Waals surface area contributed by atoms with Gasteiger partial charge in [0.1, 0.15) is 4.60 Å². The van der Waals surface area contributed by atoms with Crippen LogP contribution in [0.5, 0.6) is 0 Å². The molecule has 6 heteroatoms. The molecule has 1 aromatic rings. The Balaban J connectivity index is 3.30. The molecule has 0 radical (unpaired) electrons. The smallest absolute Gasteiger partial charge is 0.212 e. The Hall–Kier alpha value is -0.290. The monoisotopic (exact) mass is 273 g/mol. The van der Waals surface area contributed by atoms with Crippen LogP contribution in [0.15, 0.2) is 10.7 Å². The van der Waals surface area contributed by atoms with E-state index in [0.29, 0.717) is 0 Å². The van der Waals surface area contributed by atoms with Gasteiger partial charge >= 0.3 is 0 Å². The van der Waals surface area contributed by atoms with Crippen LogP contribution in [0.2, 0.25) is 0 Å². The fourth-order valence-corrected chi connectivity index (χ4v) is 1.53. The Morgan fingerprint density at radius 2 is 2.15 bits per heavy atom. The fourth-order valence-electron chi connectivity index (χ4n) is 0.881. The summed E-state index contributed by atoms with van der Waals surface area (Å²) in [7, 11) is 0. The average molecular weight is 274 g/mol. The molecule has 0 aliphatic carbocycles. The molecule has 0 aliphatic heterocycles. The largest absolute Gasteiger partial charge is 0.268 e. The molecule has 0 amide bonds. The van der Waals surface area contributed by atoms with E-state index < -0.39 is 17.9 Å². The minimum absolute atomic E-state index is 0.0519. The van der Waals surface area contributed by atoms with E-state index in [1.165, 1.54) is 6.07 Å². The zero-order valence-corrected chi connectivity index (χ0v) is 8.54. The quantitative estimate of drug-likeness (QED) is 0.592. The summed E-state index contributed by atoms with van der Waals surface area (Å²) in [4.78, 5) is 3.21. The molecule has 0 saturated carbocycles. The highest BCUT2D eigenvalue weighted by Gasteiger charge is 2.19. The molecule has 0 saturated heterocycles. The Bertz CT molecular complexity index is 319. The summed E-state index contributed by atoms with van der Waals surface area (Å²) < 4.78 is 37.5. The highest BCUT2D eigenvalue weighted by Crippen LogP contribution is 2.27. The molecule has 0 aromatic carbocycles. The minimum atomic E-state index is -2.89. The van der Waals surface area contributed by atoms with Gasteiger partial charge in [0.15, 0.2) is 0 Å². The SMILES string of the molecule is Fc1nc(Br)cc(CCl)c1C(F)F. The van der Waals surface area contributed by atoms with E-state index in [9.17, 15) is 13.2 Å². The molecule has 13 heavy (non-hydrogen) atoms. The lowest BCUT2D eigenvalue weighted by Gasteiger charge is -2.06. The van der Waals surface area contributed by atoms with Gasteiger partial charge in [-0.15, -0.1) is 11.6 Å². The Morgan fingerprint density at radius 1 is 1.54 bits per heavy atom. The molecule has 0 N–H and O–H groups in total. The second-order valence-corrected chi connectivity index (χ2v) is 3.32. The minimum Gasteiger partial charge on any atom is -0.212 e. The molecule has 0 unspecified atom stereocenters. The van der Waals surface area contributed by atoms with Crippen molar-refractivity contribution in [2.24, 2.45) is 0 Å². The molecule has 0 aliphatic rings. The van der Waals surface area contributed by atoms with Gasteiger partial charge in [-0.3, -0.25) is 0 Å². The molecule has 1 heterocycles. The van der Waals surface area contributed by atoms with Crippen LogP contribution < -0.4 is 0 Å². The Kier molecular flexibility index (Phi) is 3.55. The van der Waals surface area contributed by atoms with Crippen LogP contribution in [-0.2, 0) is 5.88 Å². The first kappa shape index (κ1) is 10.8. The van der Waals surface area contributed by atoms with Crippen molar-refractivity contribution in [3.8, 4) is 0 Å². The molecule has 1 rings (SSSR count). The number of pyridine rings is 1. The summed E-state index contributed by atoms with van der Waals surface area (Å²) >= 11 is 8.25. The maximum absolute atomic E-state index is 12.9. The van der Waals surface area contributed by atoms with Crippen molar-refractivity contribution in [3.63, 3.8) is 0 Å². The van der Waals surface area contributed by atoms with Gasteiger partial charge in [0.25, 0.3) is 6.43 Å². The number of hydrogen-bond donors (Lipinski definition) is 0. The lowest BCUT2D eigenvalue weighted by Crippen LogP contribution is -2.00. The highest BCUT2D eigenvalue weighted by molar-refractivity contribution is 9.10. The van der Waals surface area contributed by atoms with Crippen molar-refractivity contribution >= 4 is 27.5 Å². The van der Waals surface area contributed by atoms with Crippen molar-refractivity contribution < 1.29 is 13.2 Å². The Morgan fingerprint density at radius 3 is 2.62 bits per heavy atom. The van der Waals surface area contributed by atoms with Gasteiger partial charge in [-0.05, 0) is 27.6 Å². The predicted molar refractivity (Wildman–Crippen MR) is 46.4 cm³/mol. The Labute approximate surface area is 86.0 Å². The van der Waals surface area contributed by atoms with Gasteiger partial charge in [-0.25, -0.2) is 13.8 Å². The van der Waals surface area contributed by atoms with E-state index in [1.807, 2.05) is 0 Å². The van der Waals surface area contributed by atoms with Crippen LogP contribution in [0, 0.1) is 5.95 Å². The van der Waals surface area contributed by atoms with Crippen LogP contribution in [0.4, 0.5) is 13.2 Å². The van der Waals surface area contributed by atoms with Crippen LogP contribution >= 0.6 is 27.5 Å². The topological polar surface area (TPSA) is 12.9 Å². The summed E-state index contributed by atoms with van der Waals surface area (Å²) in [6.07, 6.45) is -2.89. The van der Waals surface area contributed by atoms with E-state index in [-0.39, 0.29) is 16.0 Å². The first-order valence-electron chi connectivity index (χ1n) is 3.25. The number of halogens is 5. The van der Waals surface area contributed by atoms with Gasteiger partial charge in [-0.1, -0.05) is 0 Å². The highest BCUT2D eigenvalue weighted by atomic mass is 79.9. The van der Waals surface area contributed by atoms with Crippen molar-refractivity contribution in [1.82, 2.24) is 4.98 Å². The van der Waals surface area contributed by atoms with E-state index in [4.69, 9.17) is 11.6 Å². The molecule has 1 aromatic heterocycles. The summed E-state index contributed by atoms with van der Waals surface area (Å²) in [5.41, 5.74) is -0.672. The second-order valence-electron chi connectivity index (χ2n) is 2.24. The first-order chi connectivity index (χ1) is 6.06. The van der Waals surface area contributed by atoms with E-state index in [1.54, 1.807) is 0 Å². The molecule has 0 spiro atoms. The molecular formula is C7H4BrClF3N. The summed E-state index contributed by atoms with van der Waals surface area (Å²) in [6, 6.07) is 1.28. The fraction of sp³-hybridized carbons (Fsp3) is 0.286. The zero-order valence-electron chi connectivity index (χ0n) is 6.20. The van der Waals surface area contributed by atoms with E-state index in [2.05, 4.69) is 20.9 Å². The molecule has 0 atom stereocenters. The van der Waals surface area contributed by atoms with Crippen molar-refractivity contribution in [3.05, 3.63) is 27.7 Å². The number of nitrogens with zero attached hydrogens (tertiary/aromatic N) is 1. The van der Waals surface area contributed by atoms with Gasteiger partial charge < -0.3 is 0 Å². The van der Waals surface area contributed by atoms with Gasteiger partial charge in [0, 0.05) is 5.88 Å². The number of aromatic nitrogens is 1. The van der Waals surface area contributed by atoms with Crippen molar-refractivity contribution in [2.75, 3.05) is 0 Å². The normalized spacial score (nSPS) is 10.9. The van der Waals surface area contributed by atoms with Crippen molar-refractivity contribution in [2.45, 2.75) is 12.3 Å². The number of rotatable bonds is 2. The summed E-state index contributed by atoms with van der Waals surface area (Å²) in [5.74, 6) is -1.35. The van der Waals surface area contributed by atoms with Crippen molar-refractivity contribution in [1.29, 1.82) is 0 Å². The molecule has 0 bridgehead atoms. The standard InChI is InChI=1S/C7H4BrClF3N/c8-4-1-3(2-9)5(6(10)11)7(12)13-4/h1,6H,2H2. The molecular weight excluding hydrogens is 270 g/mol. The average Bonchev–Trinajstić information content (AvgIpc) is 2.01. The maximum atomic E-state index is 12.9. The van der Waals surface area contributed by atoms with Crippen LogP contribution in [0.25, 0.3) is 0 Å². The first-order valence-corrected chi connectivity index (χ1v) is 4.58. The number of hydrogen-bond acceptors (Lipinski definition) is 1. The zero-order chi connectivity index (χ0) is 10.0. The molecule has 1 nitrogen and oxygen atoms in total. The summed E-state index contributed by atoms with van der Waals surface area (Å²) in [6.45, 7) is 0. The van der Waals surface area contributed by atoms with Crippen LogP contribution in [-0.4, -0.2) is 4.98 Å². The van der Waals surface area contributed by atoms with E-state index in [0.717, 1.165) is 0 Å². The number of alkyl halides is 3. The summed E-state index contributed by atoms with van der Waals surface area (Å²) in [5, 5.41) is 0. The molecule has 0 fully saturated rings. The molecule has 72 valence electrons. The van der Waals surface area contributed by atoms with Gasteiger partial charge in [0.2, 0.25) is 5.95 Å². The van der Waals surface area contributed by atoms with Gasteiger partial charge in [-0.2, -0.15) is 4.39 Å². The third-order valence-electron chi connectivity index (χ3n) is 1.43. The van der Waals surface area contributed by atoms with E-state index >= 15 is 0 Å². The third kappa shape index (κ3) is 2.34. The lowest BCUT2D eigenvalue weighted by atomic mass is 10.1. The van der Waals surface area contributed by atoms with Crippen LogP contribution in [0.1, 0.15) is 17.6 Å². The van der Waals surface area contributed by atoms with Gasteiger partial charge in [0.05, 0.1) is 5.56 Å². The maximum Gasteiger partial charge on any atom is 0.268 e. The predicted octanol–water partition coefficient (Wildman–Crippen LogP) is 3.66. The lowest BCUT2D eigenvalue weighted by molar-refractivity contribution is 0.144. The van der Waals surface area contributed by atoms with Crippen LogP contribution in [0.3, 0.4) is 0 Å². The third-order valence-corrected chi connectivity index (χ3v) is 2.12.